The first-order valence-corrected chi connectivity index (χ1v) is 6.15. The van der Waals surface area contributed by atoms with E-state index in [0.717, 1.165) is 17.7 Å². The molecule has 0 bridgehead atoms. The largest absolute Gasteiger partial charge is 0.347 e. The molecule has 1 aromatic carbocycles. The average Bonchev–Trinajstić information content (AvgIpc) is 2.65. The first kappa shape index (κ1) is 11.5. The Bertz CT molecular complexity index is 397. The maximum absolute atomic E-state index is 12.0. The zero-order valence-electron chi connectivity index (χ0n) is 9.49. The zero-order valence-corrected chi connectivity index (χ0v) is 10.4. The van der Waals surface area contributed by atoms with Crippen LogP contribution in [0.5, 0.6) is 0 Å². The van der Waals surface area contributed by atoms with Crippen molar-refractivity contribution in [2.45, 2.75) is 43.0 Å². The molecular formula is C13H17NOS. The molecule has 0 atom stereocenters. The Morgan fingerprint density at radius 3 is 2.69 bits per heavy atom. The summed E-state index contributed by atoms with van der Waals surface area (Å²) < 4.78 is 0. The molecule has 2 nitrogen and oxygen atoms in total. The summed E-state index contributed by atoms with van der Waals surface area (Å²) in [5.41, 5.74) is 0.685. The maximum Gasteiger partial charge on any atom is 0.251 e. The smallest absolute Gasteiger partial charge is 0.251 e. The number of hydrogen-bond donors (Lipinski definition) is 2. The normalized spacial score (nSPS) is 18.4. The van der Waals surface area contributed by atoms with Crippen molar-refractivity contribution in [2.75, 3.05) is 0 Å². The molecule has 0 aliphatic heterocycles. The molecule has 1 amide bonds. The van der Waals surface area contributed by atoms with Crippen LogP contribution in [0.15, 0.2) is 29.2 Å². The Labute approximate surface area is 102 Å². The van der Waals surface area contributed by atoms with Gasteiger partial charge in [0.05, 0.1) is 0 Å². The third-order valence-electron chi connectivity index (χ3n) is 3.23. The Morgan fingerprint density at radius 2 is 2.06 bits per heavy atom. The number of carbonyl (C=O) groups is 1. The first-order chi connectivity index (χ1) is 7.59. The van der Waals surface area contributed by atoms with Gasteiger partial charge in [-0.3, -0.25) is 4.79 Å². The summed E-state index contributed by atoms with van der Waals surface area (Å²) in [6.07, 6.45) is 4.59. The van der Waals surface area contributed by atoms with Gasteiger partial charge in [-0.05, 0) is 38.0 Å². The quantitative estimate of drug-likeness (QED) is 0.758. The minimum atomic E-state index is -0.0102. The van der Waals surface area contributed by atoms with Crippen molar-refractivity contribution in [2.24, 2.45) is 0 Å². The number of nitrogens with one attached hydrogen (secondary N) is 1. The fourth-order valence-electron chi connectivity index (χ4n) is 2.27. The predicted octanol–water partition coefficient (Wildman–Crippen LogP) is 3.04. The lowest BCUT2D eigenvalue weighted by Crippen LogP contribution is -2.43. The van der Waals surface area contributed by atoms with E-state index in [1.807, 2.05) is 18.2 Å². The molecule has 0 radical (unpaired) electrons. The fraction of sp³-hybridized carbons (Fsp3) is 0.462. The van der Waals surface area contributed by atoms with Crippen molar-refractivity contribution in [3.8, 4) is 0 Å². The molecule has 1 aliphatic rings. The maximum atomic E-state index is 12.0. The number of benzene rings is 1. The van der Waals surface area contributed by atoms with Crippen LogP contribution in [0, 0.1) is 0 Å². The Hall–Kier alpha value is -0.960. The standard InChI is InChI=1S/C13H17NOS/c1-13(7-2-3-8-13)14-12(15)10-5-4-6-11(16)9-10/h4-6,9,16H,2-3,7-8H2,1H3,(H,14,15). The van der Waals surface area contributed by atoms with Crippen LogP contribution in [-0.2, 0) is 0 Å². The molecule has 0 heterocycles. The monoisotopic (exact) mass is 235 g/mol. The van der Waals surface area contributed by atoms with Gasteiger partial charge in [-0.1, -0.05) is 18.9 Å². The lowest BCUT2D eigenvalue weighted by molar-refractivity contribution is 0.0908. The van der Waals surface area contributed by atoms with Crippen LogP contribution in [0.4, 0.5) is 0 Å². The third-order valence-corrected chi connectivity index (χ3v) is 3.51. The summed E-state index contributed by atoms with van der Waals surface area (Å²) in [6, 6.07) is 7.36. The molecule has 0 unspecified atom stereocenters. The van der Waals surface area contributed by atoms with Gasteiger partial charge in [-0.25, -0.2) is 0 Å². The van der Waals surface area contributed by atoms with Gasteiger partial charge in [0.2, 0.25) is 0 Å². The molecule has 2 rings (SSSR count). The van der Waals surface area contributed by atoms with Crippen LogP contribution in [-0.4, -0.2) is 11.4 Å². The Morgan fingerprint density at radius 1 is 1.38 bits per heavy atom. The van der Waals surface area contributed by atoms with Crippen molar-refractivity contribution in [3.63, 3.8) is 0 Å². The van der Waals surface area contributed by atoms with Gasteiger partial charge in [0, 0.05) is 16.0 Å². The number of carbonyl (C=O) groups excluding carboxylic acids is 1. The number of thiol groups is 1. The summed E-state index contributed by atoms with van der Waals surface area (Å²) in [7, 11) is 0. The SMILES string of the molecule is CC1(NC(=O)c2cccc(S)c2)CCCC1. The number of rotatable bonds is 2. The highest BCUT2D eigenvalue weighted by Gasteiger charge is 2.30. The molecule has 86 valence electrons. The van der Waals surface area contributed by atoms with E-state index in [4.69, 9.17) is 0 Å². The average molecular weight is 235 g/mol. The van der Waals surface area contributed by atoms with E-state index in [-0.39, 0.29) is 11.4 Å². The summed E-state index contributed by atoms with van der Waals surface area (Å²) in [4.78, 5) is 12.8. The highest BCUT2D eigenvalue weighted by molar-refractivity contribution is 7.80. The number of hydrogen-bond acceptors (Lipinski definition) is 2. The lowest BCUT2D eigenvalue weighted by atomic mass is 10.00. The molecule has 3 heteroatoms. The summed E-state index contributed by atoms with van der Waals surface area (Å²) in [6.45, 7) is 2.13. The van der Waals surface area contributed by atoms with Crippen LogP contribution in [0.2, 0.25) is 0 Å². The van der Waals surface area contributed by atoms with Crippen LogP contribution in [0.3, 0.4) is 0 Å². The van der Waals surface area contributed by atoms with Crippen LogP contribution in [0.25, 0.3) is 0 Å². The number of amides is 1. The van der Waals surface area contributed by atoms with Gasteiger partial charge in [0.1, 0.15) is 0 Å². The molecule has 1 aromatic rings. The second kappa shape index (κ2) is 4.50. The van der Waals surface area contributed by atoms with Gasteiger partial charge < -0.3 is 5.32 Å². The van der Waals surface area contributed by atoms with Gasteiger partial charge in [0.15, 0.2) is 0 Å². The highest BCUT2D eigenvalue weighted by Crippen LogP contribution is 2.29. The lowest BCUT2D eigenvalue weighted by Gasteiger charge is -2.25. The molecular weight excluding hydrogens is 218 g/mol. The third kappa shape index (κ3) is 2.59. The zero-order chi connectivity index (χ0) is 11.6. The van der Waals surface area contributed by atoms with E-state index in [9.17, 15) is 4.79 Å². The van der Waals surface area contributed by atoms with Crippen molar-refractivity contribution in [3.05, 3.63) is 29.8 Å². The van der Waals surface area contributed by atoms with E-state index >= 15 is 0 Å². The highest BCUT2D eigenvalue weighted by atomic mass is 32.1. The van der Waals surface area contributed by atoms with E-state index < -0.39 is 0 Å². The predicted molar refractivity (Wildman–Crippen MR) is 68.0 cm³/mol. The minimum absolute atomic E-state index is 0.0102. The van der Waals surface area contributed by atoms with E-state index in [2.05, 4.69) is 24.9 Å². The topological polar surface area (TPSA) is 29.1 Å². The summed E-state index contributed by atoms with van der Waals surface area (Å²) in [5.74, 6) is 0.0142. The molecule has 1 aliphatic carbocycles. The summed E-state index contributed by atoms with van der Waals surface area (Å²) >= 11 is 4.24. The molecule has 1 fully saturated rings. The van der Waals surface area contributed by atoms with E-state index in [0.29, 0.717) is 5.56 Å². The first-order valence-electron chi connectivity index (χ1n) is 5.71. The minimum Gasteiger partial charge on any atom is -0.347 e. The van der Waals surface area contributed by atoms with Gasteiger partial charge in [-0.15, -0.1) is 12.6 Å². The Kier molecular flexibility index (Phi) is 3.24. The van der Waals surface area contributed by atoms with Crippen molar-refractivity contribution in [1.82, 2.24) is 5.32 Å². The molecule has 0 spiro atoms. The summed E-state index contributed by atoms with van der Waals surface area (Å²) in [5, 5.41) is 3.13. The van der Waals surface area contributed by atoms with Gasteiger partial charge >= 0.3 is 0 Å². The van der Waals surface area contributed by atoms with Crippen LogP contribution >= 0.6 is 12.6 Å². The molecule has 1 N–H and O–H groups in total. The molecule has 0 saturated heterocycles. The van der Waals surface area contributed by atoms with E-state index in [1.54, 1.807) is 6.07 Å². The van der Waals surface area contributed by atoms with Gasteiger partial charge in [-0.2, -0.15) is 0 Å². The second-order valence-corrected chi connectivity index (χ2v) is 5.29. The van der Waals surface area contributed by atoms with Gasteiger partial charge in [0.25, 0.3) is 5.91 Å². The van der Waals surface area contributed by atoms with Crippen molar-refractivity contribution in [1.29, 1.82) is 0 Å². The second-order valence-electron chi connectivity index (χ2n) is 4.77. The van der Waals surface area contributed by atoms with E-state index in [1.165, 1.54) is 12.8 Å². The molecule has 1 saturated carbocycles. The van der Waals surface area contributed by atoms with Crippen LogP contribution < -0.4 is 5.32 Å². The van der Waals surface area contributed by atoms with Crippen molar-refractivity contribution < 1.29 is 4.79 Å². The molecule has 16 heavy (non-hydrogen) atoms. The van der Waals surface area contributed by atoms with Crippen molar-refractivity contribution >= 4 is 18.5 Å². The van der Waals surface area contributed by atoms with Crippen LogP contribution in [0.1, 0.15) is 43.0 Å². The fourth-order valence-corrected chi connectivity index (χ4v) is 2.50. The Balaban J connectivity index is 2.08. The molecule has 0 aromatic heterocycles.